The van der Waals surface area contributed by atoms with E-state index in [2.05, 4.69) is 5.32 Å². The Hall–Kier alpha value is -4.24. The van der Waals surface area contributed by atoms with Gasteiger partial charge in [0.1, 0.15) is 22.0 Å². The number of fused-ring (bicyclic) bond motifs is 1. The molecule has 4 rings (SSSR count). The van der Waals surface area contributed by atoms with Gasteiger partial charge in [-0.15, -0.1) is 0 Å². The summed E-state index contributed by atoms with van der Waals surface area (Å²) in [5.74, 6) is -0.795. The Labute approximate surface area is 218 Å². The second-order valence-electron chi connectivity index (χ2n) is 9.45. The van der Waals surface area contributed by atoms with Crippen molar-refractivity contribution in [3.63, 3.8) is 0 Å². The summed E-state index contributed by atoms with van der Waals surface area (Å²) in [6, 6.07) is 20.8. The minimum Gasteiger partial charge on any atom is -0.444 e. The monoisotopic (exact) mass is 517 g/mol. The molecule has 4 aromatic rings. The van der Waals surface area contributed by atoms with Gasteiger partial charge in [-0.2, -0.15) is 0 Å². The fourth-order valence-corrected chi connectivity index (χ4v) is 4.97. The van der Waals surface area contributed by atoms with Gasteiger partial charge in [-0.25, -0.2) is 4.79 Å². The third-order valence-electron chi connectivity index (χ3n) is 5.36. The van der Waals surface area contributed by atoms with Gasteiger partial charge in [0, 0.05) is 24.1 Å². The molecule has 0 spiro atoms. The zero-order valence-electron chi connectivity index (χ0n) is 21.0. The summed E-state index contributed by atoms with van der Waals surface area (Å²) in [7, 11) is 1.46. The van der Waals surface area contributed by atoms with Crippen LogP contribution < -0.4 is 10.9 Å². The van der Waals surface area contributed by atoms with Crippen molar-refractivity contribution >= 4 is 44.3 Å². The molecule has 2 heterocycles. The predicted molar refractivity (Wildman–Crippen MR) is 145 cm³/mol. The highest BCUT2D eigenvalue weighted by Gasteiger charge is 2.26. The Morgan fingerprint density at radius 2 is 1.57 bits per heavy atom. The highest BCUT2D eigenvalue weighted by molar-refractivity contribution is 7.23. The zero-order chi connectivity index (χ0) is 26.7. The van der Waals surface area contributed by atoms with E-state index in [4.69, 9.17) is 4.74 Å². The molecular formula is C28H27N3O5S. The van der Waals surface area contributed by atoms with Crippen molar-refractivity contribution in [3.05, 3.63) is 94.3 Å². The second kappa shape index (κ2) is 10.4. The Kier molecular flexibility index (Phi) is 7.26. The van der Waals surface area contributed by atoms with Gasteiger partial charge in [0.25, 0.3) is 5.56 Å². The number of likely N-dealkylation sites (N-methyl/N-ethyl adjacent to an activating group) is 1. The summed E-state index contributed by atoms with van der Waals surface area (Å²) < 4.78 is 6.83. The number of pyridine rings is 1. The standard InChI is InChI=1S/C28H27N3O5S/c1-28(2,3)36-27(35)30(4)17-21(32)29-25-23(24(34)18-11-7-5-8-12-18)20-15-16-22(33)31(26(20)37-25)19-13-9-6-10-14-19/h5-16H,17H2,1-4H3,(H,29,32). The Morgan fingerprint density at radius 1 is 0.946 bits per heavy atom. The number of ether oxygens (including phenoxy) is 1. The van der Waals surface area contributed by atoms with E-state index in [1.807, 2.05) is 24.3 Å². The van der Waals surface area contributed by atoms with Crippen LogP contribution in [0.2, 0.25) is 0 Å². The number of amides is 2. The van der Waals surface area contributed by atoms with Crippen LogP contribution in [0.4, 0.5) is 9.80 Å². The van der Waals surface area contributed by atoms with Gasteiger partial charge in [-0.3, -0.25) is 19.0 Å². The third kappa shape index (κ3) is 5.78. The average Bonchev–Trinajstić information content (AvgIpc) is 3.20. The smallest absolute Gasteiger partial charge is 0.410 e. The zero-order valence-corrected chi connectivity index (χ0v) is 21.8. The molecule has 9 heteroatoms. The molecule has 2 aromatic carbocycles. The average molecular weight is 518 g/mol. The minimum atomic E-state index is -0.705. The van der Waals surface area contributed by atoms with Gasteiger partial charge < -0.3 is 15.0 Å². The van der Waals surface area contributed by atoms with Crippen LogP contribution in [0.15, 0.2) is 77.6 Å². The second-order valence-corrected chi connectivity index (χ2v) is 10.4. The lowest BCUT2D eigenvalue weighted by Gasteiger charge is -2.24. The number of nitrogens with zero attached hydrogens (tertiary/aromatic N) is 2. The van der Waals surface area contributed by atoms with Crippen LogP contribution in [0.5, 0.6) is 0 Å². The molecule has 0 fully saturated rings. The number of carbonyl (C=O) groups excluding carboxylic acids is 3. The lowest BCUT2D eigenvalue weighted by atomic mass is 10.0. The maximum atomic E-state index is 13.6. The van der Waals surface area contributed by atoms with Gasteiger partial charge in [0.2, 0.25) is 5.91 Å². The molecule has 2 aromatic heterocycles. The van der Waals surface area contributed by atoms with Crippen molar-refractivity contribution in [1.29, 1.82) is 0 Å². The number of ketones is 1. The Bertz CT molecular complexity index is 1520. The van der Waals surface area contributed by atoms with Gasteiger partial charge in [0.15, 0.2) is 5.78 Å². The summed E-state index contributed by atoms with van der Waals surface area (Å²) in [4.78, 5) is 53.5. The molecule has 0 saturated heterocycles. The molecule has 0 bridgehead atoms. The first-order chi connectivity index (χ1) is 17.5. The summed E-state index contributed by atoms with van der Waals surface area (Å²) in [6.07, 6.45) is -0.641. The molecule has 0 aliphatic rings. The molecule has 0 radical (unpaired) electrons. The van der Waals surface area contributed by atoms with Crippen LogP contribution in [0.1, 0.15) is 36.7 Å². The number of anilines is 1. The van der Waals surface area contributed by atoms with E-state index in [0.717, 1.165) is 16.2 Å². The predicted octanol–water partition coefficient (Wildman–Crippen LogP) is 5.09. The highest BCUT2D eigenvalue weighted by atomic mass is 32.1. The number of hydrogen-bond acceptors (Lipinski definition) is 6. The molecular weight excluding hydrogens is 490 g/mol. The van der Waals surface area contributed by atoms with Crippen LogP contribution in [0.3, 0.4) is 0 Å². The maximum absolute atomic E-state index is 13.6. The quantitative estimate of drug-likeness (QED) is 0.360. The van der Waals surface area contributed by atoms with Crippen molar-refractivity contribution in [2.45, 2.75) is 26.4 Å². The summed E-state index contributed by atoms with van der Waals surface area (Å²) in [6.45, 7) is 4.94. The molecule has 37 heavy (non-hydrogen) atoms. The first kappa shape index (κ1) is 25.8. The number of aromatic nitrogens is 1. The summed E-state index contributed by atoms with van der Waals surface area (Å²) in [5.41, 5.74) is 0.399. The number of nitrogens with one attached hydrogen (secondary N) is 1. The molecule has 0 aliphatic carbocycles. The van der Waals surface area contributed by atoms with Crippen molar-refractivity contribution < 1.29 is 19.1 Å². The Morgan fingerprint density at radius 3 is 2.19 bits per heavy atom. The number of rotatable bonds is 6. The molecule has 2 amide bonds. The molecule has 0 atom stereocenters. The van der Waals surface area contributed by atoms with Crippen molar-refractivity contribution in [2.24, 2.45) is 0 Å². The fourth-order valence-electron chi connectivity index (χ4n) is 3.74. The van der Waals surface area contributed by atoms with Crippen LogP contribution in [0, 0.1) is 0 Å². The molecule has 8 nitrogen and oxygen atoms in total. The third-order valence-corrected chi connectivity index (χ3v) is 6.46. The SMILES string of the molecule is CN(CC(=O)Nc1sc2c(ccc(=O)n2-c2ccccc2)c1C(=O)c1ccccc1)C(=O)OC(C)(C)C. The van der Waals surface area contributed by atoms with Gasteiger partial charge in [0.05, 0.1) is 11.3 Å². The van der Waals surface area contributed by atoms with E-state index in [1.165, 1.54) is 17.7 Å². The molecule has 1 N–H and O–H groups in total. The van der Waals surface area contributed by atoms with Gasteiger partial charge >= 0.3 is 6.09 Å². The van der Waals surface area contributed by atoms with Crippen molar-refractivity contribution in [2.75, 3.05) is 18.9 Å². The largest absolute Gasteiger partial charge is 0.444 e. The van der Waals surface area contributed by atoms with E-state index in [9.17, 15) is 19.2 Å². The van der Waals surface area contributed by atoms with Crippen LogP contribution in [-0.2, 0) is 9.53 Å². The van der Waals surface area contributed by atoms with E-state index in [1.54, 1.807) is 63.2 Å². The topological polar surface area (TPSA) is 97.7 Å². The maximum Gasteiger partial charge on any atom is 0.410 e. The summed E-state index contributed by atoms with van der Waals surface area (Å²) in [5, 5.41) is 3.62. The van der Waals surface area contributed by atoms with Crippen LogP contribution in [0.25, 0.3) is 15.9 Å². The lowest BCUT2D eigenvalue weighted by molar-refractivity contribution is -0.117. The van der Waals surface area contributed by atoms with Gasteiger partial charge in [-0.05, 0) is 39.0 Å². The number of hydrogen-bond donors (Lipinski definition) is 1. The summed E-state index contributed by atoms with van der Waals surface area (Å²) >= 11 is 1.13. The van der Waals surface area contributed by atoms with E-state index >= 15 is 0 Å². The lowest BCUT2D eigenvalue weighted by Crippen LogP contribution is -2.38. The number of benzene rings is 2. The molecule has 0 saturated carbocycles. The number of carbonyl (C=O) groups is 3. The van der Waals surface area contributed by atoms with E-state index < -0.39 is 17.6 Å². The number of thiophene rings is 1. The van der Waals surface area contributed by atoms with Crippen molar-refractivity contribution in [3.8, 4) is 5.69 Å². The van der Waals surface area contributed by atoms with Gasteiger partial charge in [-0.1, -0.05) is 59.9 Å². The number of para-hydroxylation sites is 1. The first-order valence-electron chi connectivity index (χ1n) is 11.6. The van der Waals surface area contributed by atoms with Crippen LogP contribution >= 0.6 is 11.3 Å². The first-order valence-corrected chi connectivity index (χ1v) is 12.4. The molecule has 0 unspecified atom stereocenters. The normalized spacial score (nSPS) is 11.2. The Balaban J connectivity index is 1.77. The van der Waals surface area contributed by atoms with E-state index in [-0.39, 0.29) is 23.5 Å². The van der Waals surface area contributed by atoms with Crippen LogP contribution in [-0.4, -0.2) is 46.4 Å². The van der Waals surface area contributed by atoms with E-state index in [0.29, 0.717) is 26.5 Å². The highest BCUT2D eigenvalue weighted by Crippen LogP contribution is 2.37. The fraction of sp³-hybridized carbons (Fsp3) is 0.214. The molecule has 0 aliphatic heterocycles. The minimum absolute atomic E-state index is 0.263. The van der Waals surface area contributed by atoms with Crippen molar-refractivity contribution in [1.82, 2.24) is 9.47 Å². The molecule has 190 valence electrons.